The highest BCUT2D eigenvalue weighted by atomic mass is 127. The molecule has 1 aliphatic heterocycles. The van der Waals surface area contributed by atoms with E-state index in [9.17, 15) is 4.79 Å². The molecule has 168 valence electrons. The number of ether oxygens (including phenoxy) is 2. The molecule has 1 heterocycles. The van der Waals surface area contributed by atoms with Gasteiger partial charge >= 0.3 is 6.09 Å². The number of amides is 1. The van der Waals surface area contributed by atoms with Gasteiger partial charge in [-0.05, 0) is 87.9 Å². The third-order valence-electron chi connectivity index (χ3n) is 5.73. The first-order chi connectivity index (χ1) is 14.2. The summed E-state index contributed by atoms with van der Waals surface area (Å²) in [5, 5.41) is 0. The summed E-state index contributed by atoms with van der Waals surface area (Å²) in [7, 11) is 0. The number of nitrogens with zero attached hydrogens (tertiary/aromatic N) is 2. The zero-order valence-corrected chi connectivity index (χ0v) is 21.5. The van der Waals surface area contributed by atoms with E-state index in [0.29, 0.717) is 0 Å². The fourth-order valence-electron chi connectivity index (χ4n) is 4.22. The Hall–Kier alpha value is -1.12. The molecule has 0 fully saturated rings. The minimum atomic E-state index is -0.642. The molecule has 0 saturated carbocycles. The highest BCUT2D eigenvalue weighted by Gasteiger charge is 2.40. The Morgan fingerprint density at radius 2 is 1.67 bits per heavy atom. The molecule has 0 aromatic heterocycles. The van der Waals surface area contributed by atoms with Gasteiger partial charge in [0.05, 0.1) is 9.68 Å². The van der Waals surface area contributed by atoms with Gasteiger partial charge in [0.2, 0.25) is 6.29 Å². The Morgan fingerprint density at radius 1 is 1.10 bits per heavy atom. The second-order valence-corrected chi connectivity index (χ2v) is 9.54. The number of carbonyl (C=O) groups excluding carboxylic acids is 1. The molecule has 2 rings (SSSR count). The molecule has 3 atom stereocenters. The Labute approximate surface area is 195 Å². The van der Waals surface area contributed by atoms with Crippen LogP contribution >= 0.6 is 22.6 Å². The van der Waals surface area contributed by atoms with Crippen molar-refractivity contribution >= 4 is 28.7 Å². The number of hydrogen-bond acceptors (Lipinski definition) is 4. The topological polar surface area (TPSA) is 42.0 Å². The normalized spacial score (nSPS) is 20.4. The van der Waals surface area contributed by atoms with Crippen molar-refractivity contribution in [1.82, 2.24) is 9.80 Å². The molecular weight excluding hydrogens is 491 g/mol. The predicted octanol–water partition coefficient (Wildman–Crippen LogP) is 5.63. The largest absolute Gasteiger partial charge is 0.414 e. The lowest BCUT2D eigenvalue weighted by molar-refractivity contribution is -0.111. The Kier molecular flexibility index (Phi) is 9.63. The van der Waals surface area contributed by atoms with Gasteiger partial charge in [0.25, 0.3) is 0 Å². The quantitative estimate of drug-likeness (QED) is 0.390. The van der Waals surface area contributed by atoms with Crippen molar-refractivity contribution in [2.24, 2.45) is 0 Å². The van der Waals surface area contributed by atoms with Crippen molar-refractivity contribution in [2.45, 2.75) is 85.4 Å². The van der Waals surface area contributed by atoms with Crippen LogP contribution in [0.1, 0.15) is 54.0 Å². The van der Waals surface area contributed by atoms with Crippen molar-refractivity contribution in [3.63, 3.8) is 0 Å². The van der Waals surface area contributed by atoms with E-state index in [1.807, 2.05) is 33.8 Å². The first kappa shape index (κ1) is 25.1. The smallest absolute Gasteiger partial charge is 0.412 e. The molecule has 0 bridgehead atoms. The lowest BCUT2D eigenvalue weighted by Crippen LogP contribution is -2.47. The SMILES string of the molecule is CCN(CC)[C@@H](Cc1ccccc1)[C@H]1O[C@@H](OC(=O)N(C(C)C)C(C)C)C(I)=C1C. The Balaban J connectivity index is 2.22. The highest BCUT2D eigenvalue weighted by Crippen LogP contribution is 2.36. The molecule has 5 nitrogen and oxygen atoms in total. The summed E-state index contributed by atoms with van der Waals surface area (Å²) in [6.45, 7) is 16.4. The maximum atomic E-state index is 12.8. The fraction of sp³-hybridized carbons (Fsp3) is 0.625. The number of benzene rings is 1. The van der Waals surface area contributed by atoms with Crippen LogP contribution in [0.25, 0.3) is 0 Å². The van der Waals surface area contributed by atoms with Crippen LogP contribution in [-0.4, -0.2) is 59.5 Å². The maximum Gasteiger partial charge on any atom is 0.412 e. The lowest BCUT2D eigenvalue weighted by Gasteiger charge is -2.35. The van der Waals surface area contributed by atoms with Crippen molar-refractivity contribution in [3.05, 3.63) is 45.0 Å². The monoisotopic (exact) mass is 528 g/mol. The summed E-state index contributed by atoms with van der Waals surface area (Å²) in [6.07, 6.45) is -0.187. The van der Waals surface area contributed by atoms with Crippen molar-refractivity contribution in [1.29, 1.82) is 0 Å². The molecule has 0 unspecified atom stereocenters. The van der Waals surface area contributed by atoms with Crippen molar-refractivity contribution < 1.29 is 14.3 Å². The van der Waals surface area contributed by atoms with Crippen LogP contribution in [0.3, 0.4) is 0 Å². The number of carbonyl (C=O) groups is 1. The van der Waals surface area contributed by atoms with Crippen molar-refractivity contribution in [2.75, 3.05) is 13.1 Å². The van der Waals surface area contributed by atoms with E-state index < -0.39 is 6.29 Å². The van der Waals surface area contributed by atoms with Gasteiger partial charge in [-0.15, -0.1) is 0 Å². The van der Waals surface area contributed by atoms with Gasteiger partial charge in [0.15, 0.2) is 0 Å². The van der Waals surface area contributed by atoms with E-state index >= 15 is 0 Å². The van der Waals surface area contributed by atoms with E-state index in [1.54, 1.807) is 4.90 Å². The third kappa shape index (κ3) is 5.98. The van der Waals surface area contributed by atoms with Crippen LogP contribution in [0.5, 0.6) is 0 Å². The molecule has 1 amide bonds. The molecule has 1 aliphatic rings. The van der Waals surface area contributed by atoms with Gasteiger partial charge in [0, 0.05) is 18.1 Å². The number of rotatable bonds is 9. The number of hydrogen-bond donors (Lipinski definition) is 0. The first-order valence-electron chi connectivity index (χ1n) is 11.0. The zero-order chi connectivity index (χ0) is 22.4. The van der Waals surface area contributed by atoms with Crippen LogP contribution in [0.4, 0.5) is 4.79 Å². The second kappa shape index (κ2) is 11.5. The lowest BCUT2D eigenvalue weighted by atomic mass is 9.96. The van der Waals surface area contributed by atoms with Crippen LogP contribution in [0.2, 0.25) is 0 Å². The van der Waals surface area contributed by atoms with Gasteiger partial charge in [-0.3, -0.25) is 4.90 Å². The van der Waals surface area contributed by atoms with E-state index in [-0.39, 0.29) is 30.3 Å². The van der Waals surface area contributed by atoms with E-state index in [2.05, 4.69) is 72.5 Å². The summed E-state index contributed by atoms with van der Waals surface area (Å²) in [5.74, 6) is 0. The minimum absolute atomic E-state index is 0.0685. The van der Waals surface area contributed by atoms with Gasteiger partial charge < -0.3 is 14.4 Å². The van der Waals surface area contributed by atoms with Crippen LogP contribution in [0, 0.1) is 0 Å². The zero-order valence-electron chi connectivity index (χ0n) is 19.4. The maximum absolute atomic E-state index is 12.8. The van der Waals surface area contributed by atoms with Crippen LogP contribution in [-0.2, 0) is 15.9 Å². The second-order valence-electron chi connectivity index (χ2n) is 8.38. The molecule has 1 aromatic rings. The summed E-state index contributed by atoms with van der Waals surface area (Å²) in [6, 6.07) is 10.8. The van der Waals surface area contributed by atoms with Crippen LogP contribution < -0.4 is 0 Å². The summed E-state index contributed by atoms with van der Waals surface area (Å²) < 4.78 is 13.2. The summed E-state index contributed by atoms with van der Waals surface area (Å²) in [5.41, 5.74) is 2.44. The number of halogens is 1. The van der Waals surface area contributed by atoms with E-state index in [1.165, 1.54) is 5.56 Å². The van der Waals surface area contributed by atoms with Gasteiger partial charge in [0.1, 0.15) is 0 Å². The van der Waals surface area contributed by atoms with Gasteiger partial charge in [-0.25, -0.2) is 4.79 Å². The molecule has 0 saturated heterocycles. The molecule has 1 aromatic carbocycles. The molecule has 30 heavy (non-hydrogen) atoms. The molecule has 0 aliphatic carbocycles. The van der Waals surface area contributed by atoms with E-state index in [0.717, 1.165) is 28.7 Å². The van der Waals surface area contributed by atoms with Crippen molar-refractivity contribution in [3.8, 4) is 0 Å². The standard InChI is InChI=1S/C24H37IN2O3/c1-8-26(9-2)20(15-19-13-11-10-12-14-19)22-18(7)21(25)23(29-22)30-24(28)27(16(3)4)17(5)6/h10-14,16-17,20,22-23H,8-9,15H2,1-7H3/t20-,22-,23-/m0/s1. The Morgan fingerprint density at radius 3 is 2.17 bits per heavy atom. The molecule has 0 radical (unpaired) electrons. The first-order valence-corrected chi connectivity index (χ1v) is 12.1. The fourth-order valence-corrected chi connectivity index (χ4v) is 4.80. The summed E-state index contributed by atoms with van der Waals surface area (Å²) in [4.78, 5) is 17.0. The molecule has 0 N–H and O–H groups in total. The Bertz CT molecular complexity index is 708. The van der Waals surface area contributed by atoms with Crippen LogP contribution in [0.15, 0.2) is 39.5 Å². The third-order valence-corrected chi connectivity index (χ3v) is 7.09. The molecular formula is C24H37IN2O3. The van der Waals surface area contributed by atoms with Gasteiger partial charge in [-0.1, -0.05) is 44.2 Å². The summed E-state index contributed by atoms with van der Waals surface area (Å²) >= 11 is 2.28. The van der Waals surface area contributed by atoms with E-state index in [4.69, 9.17) is 9.47 Å². The number of likely N-dealkylation sites (N-methyl/N-ethyl adjacent to an activating group) is 1. The molecule has 0 spiro atoms. The molecule has 6 heteroatoms. The highest BCUT2D eigenvalue weighted by molar-refractivity contribution is 14.1. The predicted molar refractivity (Wildman–Crippen MR) is 131 cm³/mol. The van der Waals surface area contributed by atoms with Gasteiger partial charge in [-0.2, -0.15) is 0 Å². The average molecular weight is 528 g/mol. The average Bonchev–Trinajstić information content (AvgIpc) is 2.96. The minimum Gasteiger partial charge on any atom is -0.414 e.